The van der Waals surface area contributed by atoms with Crippen LogP contribution >= 0.6 is 11.6 Å². The van der Waals surface area contributed by atoms with E-state index in [0.717, 1.165) is 90.3 Å². The highest BCUT2D eigenvalue weighted by atomic mass is 35.5. The van der Waals surface area contributed by atoms with Gasteiger partial charge in [-0.1, -0.05) is 11.6 Å². The van der Waals surface area contributed by atoms with Crippen LogP contribution in [-0.4, -0.2) is 199 Å². The maximum absolute atomic E-state index is 13.4. The molecule has 9 atom stereocenters. The van der Waals surface area contributed by atoms with Crippen molar-refractivity contribution in [3.63, 3.8) is 0 Å². The van der Waals surface area contributed by atoms with E-state index in [1.165, 1.54) is 37.3 Å². The highest BCUT2D eigenvalue weighted by Gasteiger charge is 2.38. The average molecular weight is 1640 g/mol. The van der Waals surface area contributed by atoms with Crippen LogP contribution in [0.5, 0.6) is 0 Å². The van der Waals surface area contributed by atoms with Crippen molar-refractivity contribution in [1.29, 1.82) is 0 Å². The predicted octanol–water partition coefficient (Wildman–Crippen LogP) is 11.9. The van der Waals surface area contributed by atoms with Crippen LogP contribution in [-0.2, 0) is 37.9 Å². The van der Waals surface area contributed by atoms with Gasteiger partial charge in [-0.3, -0.25) is 38.6 Å². The van der Waals surface area contributed by atoms with Crippen LogP contribution in [0.15, 0.2) is 106 Å². The summed E-state index contributed by atoms with van der Waals surface area (Å²) in [6.07, 6.45) is 21.4. The van der Waals surface area contributed by atoms with Gasteiger partial charge in [0.05, 0.1) is 97.2 Å². The van der Waals surface area contributed by atoms with Gasteiger partial charge >= 0.3 is 12.2 Å². The number of pyridine rings is 3. The third kappa shape index (κ3) is 20.4. The number of Topliss-reactive ketones (excluding diaryl/α,β-unsaturated/α-hetero) is 3. The Morgan fingerprint density at radius 1 is 0.513 bits per heavy atom. The summed E-state index contributed by atoms with van der Waals surface area (Å²) in [5.41, 5.74) is 6.97. The van der Waals surface area contributed by atoms with E-state index in [1.54, 1.807) is 169 Å². The summed E-state index contributed by atoms with van der Waals surface area (Å²) in [4.78, 5) is 119. The van der Waals surface area contributed by atoms with E-state index in [4.69, 9.17) is 55.2 Å². The zero-order valence-electron chi connectivity index (χ0n) is 68.5. The molecule has 0 bridgehead atoms. The van der Waals surface area contributed by atoms with Gasteiger partial charge < -0.3 is 73.3 Å². The molecular formula is C82H107ClN18O16. The van der Waals surface area contributed by atoms with Crippen LogP contribution < -0.4 is 48.2 Å². The van der Waals surface area contributed by atoms with E-state index < -0.39 is 23.4 Å². The molecule has 3 saturated heterocycles. The smallest absolute Gasteiger partial charge is 0.415 e. The lowest BCUT2D eigenvalue weighted by molar-refractivity contribution is -0.0171. The lowest BCUT2D eigenvalue weighted by atomic mass is 9.78. The molecule has 9 aromatic heterocycles. The van der Waals surface area contributed by atoms with Crippen LogP contribution in [0.25, 0.3) is 16.9 Å². The fourth-order valence-electron chi connectivity index (χ4n) is 15.0. The summed E-state index contributed by atoms with van der Waals surface area (Å²) in [6, 6.07) is 15.5. The predicted molar refractivity (Wildman–Crippen MR) is 441 cm³/mol. The number of rotatable bonds is 22. The van der Waals surface area contributed by atoms with Crippen LogP contribution in [0.3, 0.4) is 0 Å². The Balaban J connectivity index is 0.000000151. The van der Waals surface area contributed by atoms with E-state index in [1.807, 2.05) is 6.07 Å². The molecule has 2 amide bonds. The average Bonchev–Trinajstić information content (AvgIpc) is 1.25. The van der Waals surface area contributed by atoms with Crippen LogP contribution in [0.2, 0.25) is 5.15 Å². The Morgan fingerprint density at radius 3 is 1.25 bits per heavy atom. The Hall–Kier alpha value is -10.5. The van der Waals surface area contributed by atoms with E-state index in [9.17, 15) is 38.4 Å². The molecule has 3 aliphatic carbocycles. The Morgan fingerprint density at radius 2 is 0.880 bits per heavy atom. The van der Waals surface area contributed by atoms with Crippen LogP contribution in [0.4, 0.5) is 55.7 Å². The van der Waals surface area contributed by atoms with Gasteiger partial charge in [0, 0.05) is 118 Å². The SMILES string of the molecule is CNc1cc(Nc2cccn([C@@H]3CCCOC3)c2=O)nc2c(C(=O)CC3CC[C@H]3OC)cnn12.CO[C@@H]1CCC1CC(=O)c1cnn2c(N(C)C(=O)OC(C)(C)C)cc(Cl)nc12.CO[C@@H]1CCC1CC(=O)c1cnn2c(N(C)C(=O)OC(C)(C)C)cc(Nc3cccn([C@@H]4CCCOC4)c3=O)nc12.Nc1cccn([C@@H]2CCCOC2)c1=O. The Bertz CT molecular complexity index is 5210. The number of ketones is 3. The molecule has 628 valence electrons. The quantitative estimate of drug-likeness (QED) is 0.0362. The van der Waals surface area contributed by atoms with Gasteiger partial charge in [-0.15, -0.1) is 0 Å². The number of nitrogens with zero attached hydrogens (tertiary/aromatic N) is 14. The van der Waals surface area contributed by atoms with Crippen molar-refractivity contribution in [2.45, 2.75) is 185 Å². The number of ether oxygens (including phenoxy) is 8. The second-order valence-electron chi connectivity index (χ2n) is 32.2. The number of carbonyl (C=O) groups excluding carboxylic acids is 5. The third-order valence-corrected chi connectivity index (χ3v) is 22.1. The number of hydrogen-bond donors (Lipinski definition) is 4. The molecule has 3 aliphatic heterocycles. The molecule has 3 saturated carbocycles. The van der Waals surface area contributed by atoms with E-state index in [2.05, 4.69) is 46.2 Å². The topological polar surface area (TPSA) is 384 Å². The number of nitrogen functional groups attached to an aromatic ring is 1. The van der Waals surface area contributed by atoms with Gasteiger partial charge in [0.1, 0.15) is 56.8 Å². The molecule has 6 fully saturated rings. The minimum absolute atomic E-state index is 0.00665. The summed E-state index contributed by atoms with van der Waals surface area (Å²) in [6.45, 7) is 14.5. The molecule has 3 unspecified atom stereocenters. The number of aromatic nitrogens is 12. The summed E-state index contributed by atoms with van der Waals surface area (Å²) >= 11 is 6.17. The lowest BCUT2D eigenvalue weighted by Gasteiger charge is -2.34. The first-order valence-electron chi connectivity index (χ1n) is 39.8. The van der Waals surface area contributed by atoms with Gasteiger partial charge in [-0.25, -0.2) is 24.5 Å². The van der Waals surface area contributed by atoms with E-state index >= 15 is 0 Å². The molecule has 9 aromatic rings. The molecule has 6 aliphatic rings. The second-order valence-corrected chi connectivity index (χ2v) is 32.6. The first kappa shape index (κ1) is 85.9. The summed E-state index contributed by atoms with van der Waals surface area (Å²) < 4.78 is 53.3. The van der Waals surface area contributed by atoms with Gasteiger partial charge in [-0.2, -0.15) is 28.8 Å². The summed E-state index contributed by atoms with van der Waals surface area (Å²) in [5.74, 6) is 2.46. The third-order valence-electron chi connectivity index (χ3n) is 21.9. The Kier molecular flexibility index (Phi) is 27.8. The van der Waals surface area contributed by atoms with Crippen molar-refractivity contribution >= 4 is 104 Å². The monoisotopic (exact) mass is 1630 g/mol. The molecule has 0 aromatic carbocycles. The number of anilines is 8. The normalized spacial score (nSPS) is 21.1. The number of nitrogens with two attached hydrogens (primary N) is 1. The molecule has 0 radical (unpaired) electrons. The molecule has 35 heteroatoms. The fourth-order valence-corrected chi connectivity index (χ4v) is 15.2. The van der Waals surface area contributed by atoms with Gasteiger partial charge in [0.2, 0.25) is 0 Å². The van der Waals surface area contributed by atoms with Crippen LogP contribution in [0, 0.1) is 17.8 Å². The number of amides is 2. The zero-order valence-corrected chi connectivity index (χ0v) is 69.2. The van der Waals surface area contributed by atoms with Gasteiger partial charge in [-0.05, 0) is 173 Å². The van der Waals surface area contributed by atoms with Gasteiger partial charge in [0.25, 0.3) is 16.7 Å². The number of carbonyl (C=O) groups is 5. The lowest BCUT2D eigenvalue weighted by Crippen LogP contribution is -2.35. The largest absolute Gasteiger partial charge is 0.443 e. The number of nitrogens with one attached hydrogen (secondary N) is 3. The maximum Gasteiger partial charge on any atom is 0.415 e. The highest BCUT2D eigenvalue weighted by molar-refractivity contribution is 6.30. The molecule has 12 heterocycles. The summed E-state index contributed by atoms with van der Waals surface area (Å²) in [7, 11) is 9.91. The van der Waals surface area contributed by atoms with Crippen molar-refractivity contribution in [3.8, 4) is 0 Å². The first-order valence-corrected chi connectivity index (χ1v) is 40.2. The molecule has 15 rings (SSSR count). The minimum atomic E-state index is -0.720. The molecule has 0 spiro atoms. The minimum Gasteiger partial charge on any atom is -0.443 e. The van der Waals surface area contributed by atoms with Crippen molar-refractivity contribution in [3.05, 3.63) is 145 Å². The van der Waals surface area contributed by atoms with Crippen molar-refractivity contribution in [1.82, 2.24) is 57.5 Å². The van der Waals surface area contributed by atoms with Crippen molar-refractivity contribution in [2.24, 2.45) is 17.8 Å². The molecule has 117 heavy (non-hydrogen) atoms. The van der Waals surface area contributed by atoms with E-state index in [-0.39, 0.29) is 105 Å². The standard InChI is InChI=1S/C29H38N6O6.C24H30N6O4.C19H25ClN4O4.C10H14N2O2/c1-29(2,3)41-28(38)33(4)25-15-24(31-21-9-6-12-34(27(21)37)19-8-7-13-40-17-19)32-26-20(16-30-35(25)26)22(36)14-18-10-11-23(18)39-5;1-25-22-12-21(27-18-6-3-9-29(24(18)32)16-5-4-10-34-14-16)28-23-17(13-26-30(22)23)19(31)11-15-7-8-20(15)33-2;1-19(2,3)28-18(26)23(4)16-9-15(20)22-17-12(10-21-24(16)17)13(25)8-11-6-7-14(11)27-5;11-9-4-1-5-12(10(9)13)8-3-2-6-14-7-8/h6,9,12,15-16,18-19,23H,7-8,10-11,13-14,17H2,1-5H3,(H,31,32);3,6,9,12-13,15-16,20,25H,4-5,7-8,10-11,14H2,1-2H3,(H,27,28);9-11,14H,6-8H2,1-5H3;1,4-5,8H,2-3,6-7,11H2/t18?,19-,23-;15?,16-,20-;11?,14-;8-/m1111/s1. The maximum atomic E-state index is 13.4. The Labute approximate surface area is 681 Å². The summed E-state index contributed by atoms with van der Waals surface area (Å²) in [5, 5.41) is 22.6. The number of fused-ring (bicyclic) bond motifs is 3. The molecule has 34 nitrogen and oxygen atoms in total. The van der Waals surface area contributed by atoms with Crippen LogP contribution in [0.1, 0.15) is 187 Å². The number of methoxy groups -OCH3 is 3. The zero-order chi connectivity index (χ0) is 83.6. The molecule has 5 N–H and O–H groups in total. The van der Waals surface area contributed by atoms with Gasteiger partial charge in [0.15, 0.2) is 34.3 Å². The number of halogens is 1. The van der Waals surface area contributed by atoms with Crippen molar-refractivity contribution < 1.29 is 61.9 Å². The fraction of sp³-hybridized carbons (Fsp3) is 0.537. The molecular weight excluding hydrogens is 1530 g/mol. The second kappa shape index (κ2) is 37.8. The number of hydrogen-bond acceptors (Lipinski definition) is 26. The van der Waals surface area contributed by atoms with E-state index in [0.29, 0.717) is 114 Å². The highest BCUT2D eigenvalue weighted by Crippen LogP contribution is 2.38. The van der Waals surface area contributed by atoms with Crippen molar-refractivity contribution in [2.75, 3.05) is 114 Å². The first-order chi connectivity index (χ1) is 56.0.